The lowest BCUT2D eigenvalue weighted by Crippen LogP contribution is -2.31. The maximum atomic E-state index is 13.1. The number of carbonyl (C=O) groups is 2. The van der Waals surface area contributed by atoms with Crippen LogP contribution in [0.1, 0.15) is 97.2 Å². The first-order chi connectivity index (χ1) is 15.5. The molecule has 0 aromatic carbocycles. The lowest BCUT2D eigenvalue weighted by Gasteiger charge is -2.28. The van der Waals surface area contributed by atoms with Crippen molar-refractivity contribution in [2.75, 3.05) is 0 Å². The van der Waals surface area contributed by atoms with Crippen molar-refractivity contribution in [3.63, 3.8) is 0 Å². The minimum Gasteiger partial charge on any atom is -0.457 e. The van der Waals surface area contributed by atoms with Crippen LogP contribution in [0, 0.1) is 17.3 Å². The predicted molar refractivity (Wildman–Crippen MR) is 135 cm³/mol. The number of nitrogens with zero attached hydrogens (tertiary/aromatic N) is 1. The van der Waals surface area contributed by atoms with E-state index in [0.717, 1.165) is 37.0 Å². The fraction of sp³-hybridized carbons (Fsp3) is 0.667. The van der Waals surface area contributed by atoms with Gasteiger partial charge in [-0.2, -0.15) is 0 Å². The Morgan fingerprint density at radius 1 is 1.30 bits per heavy atom. The van der Waals surface area contributed by atoms with Crippen LogP contribution in [0.2, 0.25) is 0 Å². The Morgan fingerprint density at radius 3 is 2.70 bits per heavy atom. The highest BCUT2D eigenvalue weighted by atomic mass is 32.1. The lowest BCUT2D eigenvalue weighted by atomic mass is 9.75. The molecule has 1 aromatic heterocycles. The molecule has 0 saturated carbocycles. The third-order valence-electron chi connectivity index (χ3n) is 6.63. The van der Waals surface area contributed by atoms with Crippen LogP contribution in [0.25, 0.3) is 6.08 Å². The van der Waals surface area contributed by atoms with Crippen LogP contribution in [0.3, 0.4) is 0 Å². The van der Waals surface area contributed by atoms with Gasteiger partial charge >= 0.3 is 5.97 Å². The van der Waals surface area contributed by atoms with Gasteiger partial charge in [-0.3, -0.25) is 9.59 Å². The minimum absolute atomic E-state index is 0.00425. The number of hydrogen-bond donors (Lipinski definition) is 1. The van der Waals surface area contributed by atoms with Gasteiger partial charge in [0.2, 0.25) is 0 Å². The van der Waals surface area contributed by atoms with E-state index in [2.05, 4.69) is 24.9 Å². The van der Waals surface area contributed by atoms with Crippen molar-refractivity contribution in [1.82, 2.24) is 4.98 Å². The molecule has 0 radical (unpaired) electrons. The molecule has 0 fully saturated rings. The summed E-state index contributed by atoms with van der Waals surface area (Å²) in [6, 6.07) is 0. The average molecular weight is 476 g/mol. The molecule has 1 aliphatic rings. The number of hydrogen-bond acceptors (Lipinski definition) is 6. The van der Waals surface area contributed by atoms with Gasteiger partial charge in [-0.25, -0.2) is 4.98 Å². The molecular weight excluding hydrogens is 434 g/mol. The maximum Gasteiger partial charge on any atom is 0.306 e. The molecule has 0 amide bonds. The zero-order chi connectivity index (χ0) is 24.6. The van der Waals surface area contributed by atoms with E-state index in [4.69, 9.17) is 4.74 Å². The molecule has 1 N–H and O–H groups in total. The number of aromatic nitrogens is 1. The van der Waals surface area contributed by atoms with E-state index in [1.165, 1.54) is 16.9 Å². The maximum absolute atomic E-state index is 13.1. The van der Waals surface area contributed by atoms with Crippen molar-refractivity contribution in [1.29, 1.82) is 0 Å². The van der Waals surface area contributed by atoms with E-state index < -0.39 is 5.41 Å². The molecule has 6 heteroatoms. The highest BCUT2D eigenvalue weighted by molar-refractivity contribution is 7.09. The molecule has 0 saturated heterocycles. The fourth-order valence-corrected chi connectivity index (χ4v) is 5.12. The number of esters is 1. The highest BCUT2D eigenvalue weighted by Crippen LogP contribution is 2.31. The standard InChI is InChI=1S/C27H41NO4S/c1-18-8-7-9-19(2)14-21(4)26(31)27(5,6)13-12-25(30)32-23(11-10-18)20(3)15-22-17-33-24(16-29)28-22/h10,15,17,19,21,23,29H,7-9,11-14,16H2,1-6H3/b18-10-,20-15?. The predicted octanol–water partition coefficient (Wildman–Crippen LogP) is 6.51. The SMILES string of the molecule is CC(=Cc1csc(CO)n1)C1C/C=C(/C)CCCC(C)CC(C)C(=O)C(C)(C)CCC(=O)O1. The molecule has 0 spiro atoms. The molecular formula is C27H41NO4S. The van der Waals surface area contributed by atoms with Gasteiger partial charge in [0.25, 0.3) is 0 Å². The van der Waals surface area contributed by atoms with Gasteiger partial charge in [0.1, 0.15) is 16.9 Å². The summed E-state index contributed by atoms with van der Waals surface area (Å²) >= 11 is 1.41. The third-order valence-corrected chi connectivity index (χ3v) is 7.49. The second-order valence-corrected chi connectivity index (χ2v) is 11.3. The number of carbonyl (C=O) groups excluding carboxylic acids is 2. The molecule has 5 nitrogen and oxygen atoms in total. The Hall–Kier alpha value is -1.79. The Balaban J connectivity index is 2.24. The first-order valence-corrected chi connectivity index (χ1v) is 13.0. The topological polar surface area (TPSA) is 76.5 Å². The molecule has 3 unspecified atom stereocenters. The molecule has 0 bridgehead atoms. The highest BCUT2D eigenvalue weighted by Gasteiger charge is 2.33. The first kappa shape index (κ1) is 27.5. The molecule has 2 heterocycles. The van der Waals surface area contributed by atoms with Crippen LogP contribution < -0.4 is 0 Å². The zero-order valence-corrected chi connectivity index (χ0v) is 22.0. The van der Waals surface area contributed by atoms with E-state index in [0.29, 0.717) is 23.8 Å². The summed E-state index contributed by atoms with van der Waals surface area (Å²) in [5, 5.41) is 11.8. The number of thiazole rings is 1. The number of ether oxygens (including phenoxy) is 1. The Bertz CT molecular complexity index is 867. The van der Waals surface area contributed by atoms with Crippen LogP contribution in [-0.4, -0.2) is 27.9 Å². The number of cyclic esters (lactones) is 1. The van der Waals surface area contributed by atoms with Crippen molar-refractivity contribution >= 4 is 29.2 Å². The second kappa shape index (κ2) is 12.6. The number of ketones is 1. The fourth-order valence-electron chi connectivity index (χ4n) is 4.51. The normalized spacial score (nSPS) is 28.2. The van der Waals surface area contributed by atoms with Crippen molar-refractivity contribution in [3.05, 3.63) is 33.3 Å². The Labute approximate surface area is 203 Å². The summed E-state index contributed by atoms with van der Waals surface area (Å²) in [4.78, 5) is 30.2. The summed E-state index contributed by atoms with van der Waals surface area (Å²) in [6.07, 6.45) is 9.16. The number of Topliss-reactive ketones (excluding diaryl/α,β-unsaturated/α-hetero) is 1. The van der Waals surface area contributed by atoms with Crippen LogP contribution in [0.4, 0.5) is 0 Å². The van der Waals surface area contributed by atoms with Crippen LogP contribution in [0.5, 0.6) is 0 Å². The average Bonchev–Trinajstić information content (AvgIpc) is 3.21. The number of aliphatic hydroxyl groups excluding tert-OH is 1. The minimum atomic E-state index is -0.548. The van der Waals surface area contributed by atoms with Crippen LogP contribution >= 0.6 is 11.3 Å². The molecule has 1 aromatic rings. The molecule has 33 heavy (non-hydrogen) atoms. The number of aliphatic hydroxyl groups is 1. The largest absolute Gasteiger partial charge is 0.457 e. The van der Waals surface area contributed by atoms with E-state index in [1.807, 2.05) is 39.2 Å². The Kier molecular flexibility index (Phi) is 10.5. The molecule has 0 aliphatic carbocycles. The van der Waals surface area contributed by atoms with E-state index in [-0.39, 0.29) is 36.8 Å². The van der Waals surface area contributed by atoms with Gasteiger partial charge in [-0.15, -0.1) is 11.3 Å². The van der Waals surface area contributed by atoms with Gasteiger partial charge in [0.15, 0.2) is 0 Å². The van der Waals surface area contributed by atoms with E-state index in [1.54, 1.807) is 0 Å². The third kappa shape index (κ3) is 8.82. The summed E-state index contributed by atoms with van der Waals surface area (Å²) in [5.41, 5.74) is 2.43. The summed E-state index contributed by atoms with van der Waals surface area (Å²) in [5.74, 6) is 0.462. The first-order valence-electron chi connectivity index (χ1n) is 12.1. The van der Waals surface area contributed by atoms with Crippen LogP contribution in [0.15, 0.2) is 22.6 Å². The smallest absolute Gasteiger partial charge is 0.306 e. The van der Waals surface area contributed by atoms with Gasteiger partial charge < -0.3 is 9.84 Å². The molecule has 2 rings (SSSR count). The Morgan fingerprint density at radius 2 is 2.03 bits per heavy atom. The van der Waals surface area contributed by atoms with Gasteiger partial charge in [-0.05, 0) is 57.1 Å². The van der Waals surface area contributed by atoms with Crippen LogP contribution in [-0.2, 0) is 20.9 Å². The zero-order valence-electron chi connectivity index (χ0n) is 21.1. The number of allylic oxidation sites excluding steroid dienone is 1. The van der Waals surface area contributed by atoms with E-state index in [9.17, 15) is 14.7 Å². The quantitative estimate of drug-likeness (QED) is 0.398. The summed E-state index contributed by atoms with van der Waals surface area (Å²) in [7, 11) is 0. The second-order valence-electron chi connectivity index (χ2n) is 10.4. The van der Waals surface area contributed by atoms with Gasteiger partial charge in [-0.1, -0.05) is 45.8 Å². The van der Waals surface area contributed by atoms with E-state index >= 15 is 0 Å². The monoisotopic (exact) mass is 475 g/mol. The summed E-state index contributed by atoms with van der Waals surface area (Å²) < 4.78 is 5.90. The van der Waals surface area contributed by atoms with Crippen molar-refractivity contribution < 1.29 is 19.4 Å². The number of rotatable bonds is 3. The molecule has 184 valence electrons. The van der Waals surface area contributed by atoms with Crippen molar-refractivity contribution in [3.8, 4) is 0 Å². The van der Waals surface area contributed by atoms with Gasteiger partial charge in [0.05, 0.1) is 12.3 Å². The van der Waals surface area contributed by atoms with Gasteiger partial charge in [0, 0.05) is 29.6 Å². The molecule has 3 atom stereocenters. The molecule has 1 aliphatic heterocycles. The van der Waals surface area contributed by atoms with Crippen molar-refractivity contribution in [2.24, 2.45) is 17.3 Å². The van der Waals surface area contributed by atoms with Crippen molar-refractivity contribution in [2.45, 2.75) is 99.2 Å². The lowest BCUT2D eigenvalue weighted by molar-refractivity contribution is -0.148. The summed E-state index contributed by atoms with van der Waals surface area (Å²) in [6.45, 7) is 12.2.